The van der Waals surface area contributed by atoms with Crippen LogP contribution in [0.5, 0.6) is 0 Å². The first-order valence-corrected chi connectivity index (χ1v) is 5.33. The van der Waals surface area contributed by atoms with Crippen LogP contribution in [0.15, 0.2) is 35.5 Å². The van der Waals surface area contributed by atoms with Crippen molar-refractivity contribution in [1.29, 1.82) is 0 Å². The summed E-state index contributed by atoms with van der Waals surface area (Å²) in [6.07, 6.45) is 1.24. The van der Waals surface area contributed by atoms with Gasteiger partial charge in [0.15, 0.2) is 0 Å². The molecule has 8 heteroatoms. The highest BCUT2D eigenvalue weighted by Crippen LogP contribution is 2.17. The second-order valence-electron chi connectivity index (χ2n) is 2.70. The van der Waals surface area contributed by atoms with E-state index in [2.05, 4.69) is 15.5 Å². The quantitative estimate of drug-likeness (QED) is 0.718. The molecular formula is C7H6N4O3S. The van der Waals surface area contributed by atoms with Crippen molar-refractivity contribution >= 4 is 10.1 Å². The van der Waals surface area contributed by atoms with E-state index in [1.807, 2.05) is 0 Å². The lowest BCUT2D eigenvalue weighted by Gasteiger charge is -2.04. The van der Waals surface area contributed by atoms with Crippen LogP contribution in [0.2, 0.25) is 0 Å². The van der Waals surface area contributed by atoms with Gasteiger partial charge < -0.3 is 0 Å². The molecule has 2 rings (SSSR count). The summed E-state index contributed by atoms with van der Waals surface area (Å²) in [5, 5.41) is 10.3. The van der Waals surface area contributed by atoms with Crippen molar-refractivity contribution in [1.82, 2.24) is 20.2 Å². The molecule has 2 aromatic rings. The lowest BCUT2D eigenvalue weighted by molar-refractivity contribution is 0.482. The van der Waals surface area contributed by atoms with E-state index in [9.17, 15) is 8.42 Å². The highest BCUT2D eigenvalue weighted by Gasteiger charge is 2.16. The number of tetrazole rings is 1. The van der Waals surface area contributed by atoms with Gasteiger partial charge in [-0.3, -0.25) is 4.55 Å². The van der Waals surface area contributed by atoms with E-state index in [0.717, 1.165) is 4.68 Å². The molecule has 15 heavy (non-hydrogen) atoms. The second-order valence-corrected chi connectivity index (χ2v) is 4.09. The Bertz CT molecular complexity index is 564. The molecule has 0 saturated heterocycles. The van der Waals surface area contributed by atoms with E-state index < -0.39 is 10.1 Å². The molecule has 0 bridgehead atoms. The maximum absolute atomic E-state index is 11.0. The van der Waals surface area contributed by atoms with Gasteiger partial charge in [0.1, 0.15) is 11.2 Å². The van der Waals surface area contributed by atoms with Crippen LogP contribution in [0.1, 0.15) is 0 Å². The van der Waals surface area contributed by atoms with E-state index >= 15 is 0 Å². The van der Waals surface area contributed by atoms with Crippen LogP contribution in [-0.4, -0.2) is 33.2 Å². The standard InChI is InChI=1S/C7H6N4O3S/c12-15(13,14)7-4-2-1-3-6(7)11-5-8-9-10-11/h1-5H,(H,12,13,14). The zero-order chi connectivity index (χ0) is 10.9. The molecule has 0 aliphatic heterocycles. The summed E-state index contributed by atoms with van der Waals surface area (Å²) in [5.74, 6) is 0. The van der Waals surface area contributed by atoms with E-state index in [4.69, 9.17) is 4.55 Å². The Hall–Kier alpha value is -1.80. The van der Waals surface area contributed by atoms with Crippen molar-refractivity contribution in [2.24, 2.45) is 0 Å². The van der Waals surface area contributed by atoms with E-state index in [-0.39, 0.29) is 10.6 Å². The van der Waals surface area contributed by atoms with Crippen molar-refractivity contribution in [3.63, 3.8) is 0 Å². The fourth-order valence-corrected chi connectivity index (χ4v) is 1.81. The lowest BCUT2D eigenvalue weighted by atomic mass is 10.3. The molecule has 7 nitrogen and oxygen atoms in total. The van der Waals surface area contributed by atoms with Crippen LogP contribution >= 0.6 is 0 Å². The first-order valence-electron chi connectivity index (χ1n) is 3.89. The fourth-order valence-electron chi connectivity index (χ4n) is 1.14. The van der Waals surface area contributed by atoms with Gasteiger partial charge in [-0.1, -0.05) is 12.1 Å². The van der Waals surface area contributed by atoms with Gasteiger partial charge in [-0.15, -0.1) is 5.10 Å². The third-order valence-corrected chi connectivity index (χ3v) is 2.64. The molecule has 78 valence electrons. The van der Waals surface area contributed by atoms with Gasteiger partial charge >= 0.3 is 0 Å². The van der Waals surface area contributed by atoms with Crippen molar-refractivity contribution in [2.75, 3.05) is 0 Å². The fraction of sp³-hybridized carbons (Fsp3) is 0. The first-order chi connectivity index (χ1) is 7.09. The van der Waals surface area contributed by atoms with Gasteiger partial charge in [0, 0.05) is 0 Å². The summed E-state index contributed by atoms with van der Waals surface area (Å²) in [4.78, 5) is -0.239. The molecule has 0 amide bonds. The van der Waals surface area contributed by atoms with Crippen LogP contribution in [0, 0.1) is 0 Å². The molecule has 0 saturated carbocycles. The minimum Gasteiger partial charge on any atom is -0.282 e. The Morgan fingerprint density at radius 1 is 1.27 bits per heavy atom. The smallest absolute Gasteiger partial charge is 0.282 e. The van der Waals surface area contributed by atoms with Crippen molar-refractivity contribution in [2.45, 2.75) is 4.90 Å². The normalized spacial score (nSPS) is 11.5. The Morgan fingerprint density at radius 2 is 2.00 bits per heavy atom. The van der Waals surface area contributed by atoms with Crippen LogP contribution in [0.25, 0.3) is 5.69 Å². The topological polar surface area (TPSA) is 98.0 Å². The molecular weight excluding hydrogens is 220 g/mol. The van der Waals surface area contributed by atoms with E-state index in [1.165, 1.54) is 24.5 Å². The van der Waals surface area contributed by atoms with Gasteiger partial charge in [-0.05, 0) is 22.6 Å². The zero-order valence-corrected chi connectivity index (χ0v) is 8.16. The van der Waals surface area contributed by atoms with Gasteiger partial charge in [-0.2, -0.15) is 13.1 Å². The van der Waals surface area contributed by atoms with Crippen LogP contribution in [0.4, 0.5) is 0 Å². The predicted octanol–water partition coefficient (Wildman–Crippen LogP) is -0.0910. The highest BCUT2D eigenvalue weighted by molar-refractivity contribution is 7.86. The monoisotopic (exact) mass is 226 g/mol. The summed E-state index contributed by atoms with van der Waals surface area (Å²) in [7, 11) is -4.28. The third kappa shape index (κ3) is 1.85. The lowest BCUT2D eigenvalue weighted by Crippen LogP contribution is -2.06. The Kier molecular flexibility index (Phi) is 2.21. The summed E-state index contributed by atoms with van der Waals surface area (Å²) in [5.41, 5.74) is 0.199. The molecule has 0 fully saturated rings. The SMILES string of the molecule is O=S(=O)(O)c1ccccc1-n1cnnn1. The zero-order valence-electron chi connectivity index (χ0n) is 7.35. The Balaban J connectivity index is 2.68. The summed E-state index contributed by atoms with van der Waals surface area (Å²) in [6.45, 7) is 0. The number of benzene rings is 1. The Labute approximate surface area is 85.1 Å². The van der Waals surface area contributed by atoms with Crippen LogP contribution in [0.3, 0.4) is 0 Å². The van der Waals surface area contributed by atoms with Crippen LogP contribution < -0.4 is 0 Å². The molecule has 1 aromatic heterocycles. The van der Waals surface area contributed by atoms with Crippen molar-refractivity contribution in [3.8, 4) is 5.69 Å². The summed E-state index contributed by atoms with van der Waals surface area (Å²) >= 11 is 0. The molecule has 0 aliphatic rings. The molecule has 0 radical (unpaired) electrons. The maximum Gasteiger partial charge on any atom is 0.296 e. The molecule has 0 spiro atoms. The predicted molar refractivity (Wildman–Crippen MR) is 49.0 cm³/mol. The molecule has 0 unspecified atom stereocenters. The number of hydrogen-bond acceptors (Lipinski definition) is 5. The number of hydrogen-bond donors (Lipinski definition) is 1. The largest absolute Gasteiger partial charge is 0.296 e. The van der Waals surface area contributed by atoms with E-state index in [1.54, 1.807) is 6.07 Å². The maximum atomic E-state index is 11.0. The van der Waals surface area contributed by atoms with Gasteiger partial charge in [0.25, 0.3) is 10.1 Å². The second kappa shape index (κ2) is 3.41. The number of rotatable bonds is 2. The van der Waals surface area contributed by atoms with Crippen molar-refractivity contribution < 1.29 is 13.0 Å². The van der Waals surface area contributed by atoms with Gasteiger partial charge in [0.2, 0.25) is 0 Å². The third-order valence-electron chi connectivity index (χ3n) is 1.74. The Morgan fingerprint density at radius 3 is 2.60 bits per heavy atom. The first kappa shape index (κ1) is 9.74. The number of nitrogens with zero attached hydrogens (tertiary/aromatic N) is 4. The van der Waals surface area contributed by atoms with Crippen LogP contribution in [-0.2, 0) is 10.1 Å². The average molecular weight is 226 g/mol. The van der Waals surface area contributed by atoms with Gasteiger partial charge in [0.05, 0.1) is 5.69 Å². The van der Waals surface area contributed by atoms with Crippen molar-refractivity contribution in [3.05, 3.63) is 30.6 Å². The highest BCUT2D eigenvalue weighted by atomic mass is 32.2. The minimum atomic E-state index is -4.28. The van der Waals surface area contributed by atoms with E-state index in [0.29, 0.717) is 0 Å². The van der Waals surface area contributed by atoms with Gasteiger partial charge in [-0.25, -0.2) is 0 Å². The molecule has 0 atom stereocenters. The summed E-state index contributed by atoms with van der Waals surface area (Å²) < 4.78 is 32.2. The minimum absolute atomic E-state index is 0.199. The molecule has 1 heterocycles. The molecule has 0 aliphatic carbocycles. The number of para-hydroxylation sites is 1. The average Bonchev–Trinajstić information content (AvgIpc) is 2.69. The number of aromatic nitrogens is 4. The molecule has 1 N–H and O–H groups in total. The molecule has 1 aromatic carbocycles. The summed E-state index contributed by atoms with van der Waals surface area (Å²) in [6, 6.07) is 5.87.